The molecular formula is C28H26FN7O. The zero-order valence-corrected chi connectivity index (χ0v) is 20.4. The van der Waals surface area contributed by atoms with Crippen molar-refractivity contribution in [3.63, 3.8) is 0 Å². The molecular weight excluding hydrogens is 469 g/mol. The minimum atomic E-state index is -0.564. The number of carbonyl (C=O) groups is 1. The van der Waals surface area contributed by atoms with Crippen LogP contribution in [0.4, 0.5) is 16.0 Å². The maximum atomic E-state index is 15.6. The molecule has 2 bridgehead atoms. The van der Waals surface area contributed by atoms with Crippen LogP contribution in [0, 0.1) is 17.7 Å². The second-order valence-electron chi connectivity index (χ2n) is 9.50. The second-order valence-corrected chi connectivity index (χ2v) is 9.50. The molecule has 3 aromatic heterocycles. The largest absolute Gasteiger partial charge is 0.382 e. The summed E-state index contributed by atoms with van der Waals surface area (Å²) in [7, 11) is 0. The van der Waals surface area contributed by atoms with Gasteiger partial charge in [0.1, 0.15) is 34.5 Å². The number of hydrogen-bond acceptors (Lipinski definition) is 6. The third kappa shape index (κ3) is 3.72. The quantitative estimate of drug-likeness (QED) is 0.402. The molecule has 8 nitrogen and oxygen atoms in total. The summed E-state index contributed by atoms with van der Waals surface area (Å²) in [6, 6.07) is 10.0. The van der Waals surface area contributed by atoms with E-state index in [1.165, 1.54) is 6.07 Å². The molecule has 0 saturated carbocycles. The molecule has 5 heterocycles. The molecule has 0 spiro atoms. The number of nitrogen functional groups attached to an aromatic ring is 1. The number of nitrogens with two attached hydrogens (primary N) is 1. The second kappa shape index (κ2) is 8.98. The number of carbonyl (C=O) groups excluding carboxylic acids is 1. The number of rotatable bonds is 5. The van der Waals surface area contributed by atoms with Crippen molar-refractivity contribution in [2.45, 2.75) is 44.2 Å². The Hall–Kier alpha value is -4.29. The Labute approximate surface area is 213 Å². The summed E-state index contributed by atoms with van der Waals surface area (Å²) in [5.41, 5.74) is 7.47. The van der Waals surface area contributed by atoms with Crippen LogP contribution >= 0.6 is 0 Å². The Morgan fingerprint density at radius 1 is 1.22 bits per heavy atom. The number of nitrogens with one attached hydrogen (secondary N) is 1. The van der Waals surface area contributed by atoms with Gasteiger partial charge in [-0.2, -0.15) is 0 Å². The lowest BCUT2D eigenvalue weighted by molar-refractivity contribution is 0.102. The lowest BCUT2D eigenvalue weighted by Gasteiger charge is -2.32. The first kappa shape index (κ1) is 23.1. The summed E-state index contributed by atoms with van der Waals surface area (Å²) < 4.78 is 17.5. The highest BCUT2D eigenvalue weighted by atomic mass is 19.1. The van der Waals surface area contributed by atoms with Gasteiger partial charge in [-0.25, -0.2) is 19.3 Å². The van der Waals surface area contributed by atoms with Crippen molar-refractivity contribution in [2.24, 2.45) is 0 Å². The number of amides is 1. The molecule has 0 radical (unpaired) electrons. The van der Waals surface area contributed by atoms with Gasteiger partial charge >= 0.3 is 0 Å². The van der Waals surface area contributed by atoms with Crippen LogP contribution in [0.1, 0.15) is 48.8 Å². The van der Waals surface area contributed by atoms with Gasteiger partial charge in [0.15, 0.2) is 0 Å². The first-order chi connectivity index (χ1) is 18.0. The van der Waals surface area contributed by atoms with Gasteiger partial charge in [-0.1, -0.05) is 12.0 Å². The molecule has 1 amide bonds. The summed E-state index contributed by atoms with van der Waals surface area (Å²) >= 11 is 0. The molecule has 0 atom stereocenters. The zero-order valence-electron chi connectivity index (χ0n) is 20.4. The van der Waals surface area contributed by atoms with E-state index in [0.29, 0.717) is 29.6 Å². The molecule has 1 aromatic carbocycles. The van der Waals surface area contributed by atoms with Gasteiger partial charge < -0.3 is 11.1 Å². The van der Waals surface area contributed by atoms with Crippen LogP contribution in [0.2, 0.25) is 0 Å². The van der Waals surface area contributed by atoms with E-state index in [1.54, 1.807) is 42.7 Å². The van der Waals surface area contributed by atoms with Crippen molar-refractivity contribution >= 4 is 23.1 Å². The van der Waals surface area contributed by atoms with E-state index in [1.807, 2.05) is 17.5 Å². The minimum Gasteiger partial charge on any atom is -0.382 e. The Balaban J connectivity index is 1.43. The molecule has 9 heteroatoms. The smallest absolute Gasteiger partial charge is 0.256 e. The summed E-state index contributed by atoms with van der Waals surface area (Å²) in [6.45, 7) is 2.52. The van der Waals surface area contributed by atoms with Crippen molar-refractivity contribution < 1.29 is 9.18 Å². The SMILES string of the molecule is CC#CCN1C2CCC1(c1nc(-c3ccc(C(=O)Nc4ccccn4)cc3F)c3c(N)nccn13)CC2. The number of halogens is 1. The van der Waals surface area contributed by atoms with Crippen LogP contribution in [0.25, 0.3) is 16.8 Å². The lowest BCUT2D eigenvalue weighted by atomic mass is 9.87. The molecule has 37 heavy (non-hydrogen) atoms. The molecule has 2 aliphatic rings. The van der Waals surface area contributed by atoms with Crippen LogP contribution in [0.15, 0.2) is 55.0 Å². The standard InChI is InChI=1S/C28H26FN7O/c1-2-3-15-36-19-9-11-28(36,12-10-19)27-34-23(24-25(30)32-14-16-35(24)27)20-8-7-18(17-21(20)29)26(37)33-22-6-4-5-13-31-22/h4-8,13-14,16-17,19H,9-12,15H2,1H3,(H2,30,32)(H,31,33,37). The summed E-state index contributed by atoms with van der Waals surface area (Å²) in [6.07, 6.45) is 9.12. The van der Waals surface area contributed by atoms with E-state index in [-0.39, 0.29) is 22.5 Å². The number of aromatic nitrogens is 4. The molecule has 2 aliphatic heterocycles. The molecule has 6 rings (SSSR count). The Bertz CT molecular complexity index is 1560. The highest BCUT2D eigenvalue weighted by Crippen LogP contribution is 2.53. The number of anilines is 2. The van der Waals surface area contributed by atoms with Crippen LogP contribution in [-0.2, 0) is 5.54 Å². The predicted octanol–water partition coefficient (Wildman–Crippen LogP) is 4.24. The Kier molecular flexibility index (Phi) is 5.61. The van der Waals surface area contributed by atoms with Gasteiger partial charge in [-0.05, 0) is 62.9 Å². The number of pyridine rings is 1. The first-order valence-corrected chi connectivity index (χ1v) is 12.3. The summed E-state index contributed by atoms with van der Waals surface area (Å²) in [4.78, 5) is 28.5. The van der Waals surface area contributed by atoms with E-state index in [4.69, 9.17) is 10.7 Å². The van der Waals surface area contributed by atoms with Crippen molar-refractivity contribution in [2.75, 3.05) is 17.6 Å². The fraction of sp³-hybridized carbons (Fsp3) is 0.286. The number of nitrogens with zero attached hydrogens (tertiary/aromatic N) is 5. The van der Waals surface area contributed by atoms with Gasteiger partial charge in [-0.15, -0.1) is 5.92 Å². The van der Waals surface area contributed by atoms with Gasteiger partial charge in [0.05, 0.1) is 12.1 Å². The normalized spacial score (nSPS) is 20.6. The van der Waals surface area contributed by atoms with Crippen LogP contribution in [-0.4, -0.2) is 42.7 Å². The number of benzene rings is 1. The van der Waals surface area contributed by atoms with Crippen LogP contribution in [0.3, 0.4) is 0 Å². The average Bonchev–Trinajstić information content (AvgIpc) is 3.58. The molecule has 2 fully saturated rings. The Morgan fingerprint density at radius 3 is 2.78 bits per heavy atom. The third-order valence-corrected chi connectivity index (χ3v) is 7.59. The molecule has 186 valence electrons. The van der Waals surface area contributed by atoms with Crippen molar-refractivity contribution in [1.82, 2.24) is 24.3 Å². The van der Waals surface area contributed by atoms with Crippen LogP contribution < -0.4 is 11.1 Å². The first-order valence-electron chi connectivity index (χ1n) is 12.3. The van der Waals surface area contributed by atoms with E-state index < -0.39 is 11.7 Å². The van der Waals surface area contributed by atoms with E-state index in [9.17, 15) is 4.79 Å². The molecule has 0 unspecified atom stereocenters. The maximum absolute atomic E-state index is 15.6. The predicted molar refractivity (Wildman–Crippen MR) is 139 cm³/mol. The van der Waals surface area contributed by atoms with E-state index in [2.05, 4.69) is 32.0 Å². The minimum absolute atomic E-state index is 0.180. The summed E-state index contributed by atoms with van der Waals surface area (Å²) in [5.74, 6) is 6.73. The van der Waals surface area contributed by atoms with Gasteiger partial charge in [0.25, 0.3) is 5.91 Å². The molecule has 4 aromatic rings. The number of hydrogen-bond donors (Lipinski definition) is 2. The summed E-state index contributed by atoms with van der Waals surface area (Å²) in [5, 5.41) is 2.68. The highest BCUT2D eigenvalue weighted by molar-refractivity contribution is 6.04. The van der Waals surface area contributed by atoms with Crippen LogP contribution in [0.5, 0.6) is 0 Å². The van der Waals surface area contributed by atoms with E-state index in [0.717, 1.165) is 31.5 Å². The topological polar surface area (TPSA) is 101 Å². The van der Waals surface area contributed by atoms with Gasteiger partial charge in [-0.3, -0.25) is 14.1 Å². The fourth-order valence-electron chi connectivity index (χ4n) is 5.88. The number of imidazole rings is 1. The third-order valence-electron chi connectivity index (χ3n) is 7.59. The average molecular weight is 496 g/mol. The van der Waals surface area contributed by atoms with E-state index >= 15 is 4.39 Å². The maximum Gasteiger partial charge on any atom is 0.256 e. The monoisotopic (exact) mass is 495 g/mol. The molecule has 2 saturated heterocycles. The lowest BCUT2D eigenvalue weighted by Crippen LogP contribution is -2.40. The van der Waals surface area contributed by atoms with Crippen molar-refractivity contribution in [3.8, 4) is 23.1 Å². The van der Waals surface area contributed by atoms with Gasteiger partial charge in [0, 0.05) is 35.8 Å². The Morgan fingerprint density at radius 2 is 2.05 bits per heavy atom. The molecule has 0 aliphatic carbocycles. The van der Waals surface area contributed by atoms with Crippen molar-refractivity contribution in [3.05, 3.63) is 72.2 Å². The van der Waals surface area contributed by atoms with Gasteiger partial charge in [0.2, 0.25) is 0 Å². The van der Waals surface area contributed by atoms with Crippen molar-refractivity contribution in [1.29, 1.82) is 0 Å². The molecule has 3 N–H and O–H groups in total. The fourth-order valence-corrected chi connectivity index (χ4v) is 5.88. The number of fused-ring (bicyclic) bond motifs is 3. The highest BCUT2D eigenvalue weighted by Gasteiger charge is 2.54. The zero-order chi connectivity index (χ0) is 25.6.